The highest BCUT2D eigenvalue weighted by Gasteiger charge is 2.27. The van der Waals surface area contributed by atoms with Gasteiger partial charge in [-0.05, 0) is 36.8 Å². The molecule has 1 aromatic rings. The van der Waals surface area contributed by atoms with Crippen molar-refractivity contribution in [2.24, 2.45) is 7.05 Å². The molecular formula is C14H22N4O3. The first kappa shape index (κ1) is 15.5. The molecule has 1 fully saturated rings. The lowest BCUT2D eigenvalue weighted by atomic mass is 10.2. The first-order chi connectivity index (χ1) is 10.0. The highest BCUT2D eigenvalue weighted by atomic mass is 16.6. The number of nitrogens with one attached hydrogen (secondary N) is 1. The minimum Gasteiger partial charge on any atom is -0.358 e. The second-order valence-corrected chi connectivity index (χ2v) is 5.44. The van der Waals surface area contributed by atoms with E-state index in [-0.39, 0.29) is 11.7 Å². The van der Waals surface area contributed by atoms with Gasteiger partial charge in [-0.15, -0.1) is 0 Å². The largest absolute Gasteiger partial charge is 0.358 e. The average Bonchev–Trinajstić information content (AvgIpc) is 3.07. The van der Waals surface area contributed by atoms with E-state index >= 15 is 0 Å². The fraction of sp³-hybridized carbons (Fsp3) is 0.643. The summed E-state index contributed by atoms with van der Waals surface area (Å²) >= 11 is 0. The molecule has 0 saturated carbocycles. The fourth-order valence-electron chi connectivity index (χ4n) is 2.78. The van der Waals surface area contributed by atoms with Crippen molar-refractivity contribution in [3.8, 4) is 0 Å². The van der Waals surface area contributed by atoms with Crippen molar-refractivity contribution in [1.82, 2.24) is 14.8 Å². The predicted octanol–water partition coefficient (Wildman–Crippen LogP) is 1.54. The lowest BCUT2D eigenvalue weighted by Crippen LogP contribution is -2.42. The Morgan fingerprint density at radius 3 is 2.86 bits per heavy atom. The number of carbonyl (C=O) groups excluding carboxylic acids is 1. The second kappa shape index (κ2) is 6.71. The van der Waals surface area contributed by atoms with E-state index in [4.69, 9.17) is 0 Å². The Kier molecular flexibility index (Phi) is 4.95. The number of amides is 1. The summed E-state index contributed by atoms with van der Waals surface area (Å²) in [6.07, 6.45) is 3.07. The normalized spacial score (nSPS) is 17.9. The molecule has 2 rings (SSSR count). The molecule has 1 unspecified atom stereocenters. The zero-order valence-corrected chi connectivity index (χ0v) is 12.5. The quantitative estimate of drug-likeness (QED) is 0.637. The monoisotopic (exact) mass is 294 g/mol. The van der Waals surface area contributed by atoms with Gasteiger partial charge in [0.15, 0.2) is 5.69 Å². The van der Waals surface area contributed by atoms with Crippen LogP contribution in [0.1, 0.15) is 36.7 Å². The van der Waals surface area contributed by atoms with Gasteiger partial charge in [-0.1, -0.05) is 6.92 Å². The van der Waals surface area contributed by atoms with E-state index in [2.05, 4.69) is 5.32 Å². The van der Waals surface area contributed by atoms with Crippen LogP contribution in [-0.2, 0) is 7.05 Å². The van der Waals surface area contributed by atoms with Gasteiger partial charge in [0.2, 0.25) is 0 Å². The molecule has 0 aromatic carbocycles. The molecule has 1 saturated heterocycles. The first-order valence-electron chi connectivity index (χ1n) is 7.37. The third-order valence-electron chi connectivity index (χ3n) is 3.89. The van der Waals surface area contributed by atoms with Crippen molar-refractivity contribution in [2.45, 2.75) is 32.2 Å². The summed E-state index contributed by atoms with van der Waals surface area (Å²) in [5.74, 6) is -0.199. The van der Waals surface area contributed by atoms with Crippen LogP contribution in [0.2, 0.25) is 0 Å². The van der Waals surface area contributed by atoms with Gasteiger partial charge in [-0.2, -0.15) is 0 Å². The zero-order valence-electron chi connectivity index (χ0n) is 12.5. The number of carbonyl (C=O) groups is 1. The van der Waals surface area contributed by atoms with Crippen molar-refractivity contribution in [1.29, 1.82) is 0 Å². The molecule has 21 heavy (non-hydrogen) atoms. The summed E-state index contributed by atoms with van der Waals surface area (Å²) in [6.45, 7) is 4.34. The number of rotatable bonds is 6. The van der Waals surface area contributed by atoms with Crippen molar-refractivity contribution in [3.05, 3.63) is 27.9 Å². The lowest BCUT2D eigenvalue weighted by Gasteiger charge is -2.24. The van der Waals surface area contributed by atoms with Crippen molar-refractivity contribution in [3.63, 3.8) is 0 Å². The van der Waals surface area contributed by atoms with E-state index in [0.29, 0.717) is 24.8 Å². The highest BCUT2D eigenvalue weighted by molar-refractivity contribution is 5.93. The Labute approximate surface area is 124 Å². The Morgan fingerprint density at radius 1 is 1.57 bits per heavy atom. The Morgan fingerprint density at radius 2 is 2.33 bits per heavy atom. The van der Waals surface area contributed by atoms with Crippen molar-refractivity contribution < 1.29 is 9.72 Å². The summed E-state index contributed by atoms with van der Waals surface area (Å²) in [4.78, 5) is 24.8. The maximum atomic E-state index is 12.6. The summed E-state index contributed by atoms with van der Waals surface area (Å²) in [5.41, 5.74) is 0.369. The Balaban J connectivity index is 2.15. The smallest absolute Gasteiger partial charge is 0.323 e. The molecule has 7 nitrogen and oxygen atoms in total. The van der Waals surface area contributed by atoms with E-state index in [9.17, 15) is 14.9 Å². The van der Waals surface area contributed by atoms with Crippen LogP contribution in [0.15, 0.2) is 12.1 Å². The van der Waals surface area contributed by atoms with Crippen molar-refractivity contribution in [2.75, 3.05) is 19.6 Å². The SMILES string of the molecule is CCCN(CC1CCCN1)C(=O)c1ccc([N+](=O)[O-])n1C. The van der Waals surface area contributed by atoms with Gasteiger partial charge >= 0.3 is 5.82 Å². The predicted molar refractivity (Wildman–Crippen MR) is 79.3 cm³/mol. The lowest BCUT2D eigenvalue weighted by molar-refractivity contribution is -0.391. The van der Waals surface area contributed by atoms with Crippen LogP contribution in [0.3, 0.4) is 0 Å². The molecule has 1 N–H and O–H groups in total. The molecule has 1 atom stereocenters. The summed E-state index contributed by atoms with van der Waals surface area (Å²) in [5, 5.41) is 14.3. The molecular weight excluding hydrogens is 272 g/mol. The van der Waals surface area contributed by atoms with Crippen LogP contribution >= 0.6 is 0 Å². The Hall–Kier alpha value is -1.89. The van der Waals surface area contributed by atoms with Gasteiger partial charge in [0.1, 0.15) is 0 Å². The van der Waals surface area contributed by atoms with Gasteiger partial charge in [-0.25, -0.2) is 4.57 Å². The van der Waals surface area contributed by atoms with Crippen molar-refractivity contribution >= 4 is 11.7 Å². The van der Waals surface area contributed by atoms with E-state index in [0.717, 1.165) is 25.8 Å². The van der Waals surface area contributed by atoms with Gasteiger partial charge in [0.25, 0.3) is 5.91 Å². The van der Waals surface area contributed by atoms with Gasteiger partial charge in [0, 0.05) is 25.2 Å². The summed E-state index contributed by atoms with van der Waals surface area (Å²) in [7, 11) is 1.56. The molecule has 1 aliphatic heterocycles. The van der Waals surface area contributed by atoms with E-state index in [1.165, 1.54) is 16.7 Å². The number of aromatic nitrogens is 1. The zero-order chi connectivity index (χ0) is 15.4. The molecule has 1 amide bonds. The number of hydrogen-bond donors (Lipinski definition) is 1. The second-order valence-electron chi connectivity index (χ2n) is 5.44. The molecule has 7 heteroatoms. The highest BCUT2D eigenvalue weighted by Crippen LogP contribution is 2.18. The van der Waals surface area contributed by atoms with Crippen LogP contribution in [0.4, 0.5) is 5.82 Å². The standard InChI is InChI=1S/C14H22N4O3/c1-3-9-17(10-11-5-4-8-15-11)14(19)12-6-7-13(16(12)2)18(20)21/h6-7,11,15H,3-5,8-10H2,1-2H3. The van der Waals surface area contributed by atoms with E-state index < -0.39 is 4.92 Å². The third-order valence-corrected chi connectivity index (χ3v) is 3.89. The maximum absolute atomic E-state index is 12.6. The molecule has 1 aromatic heterocycles. The Bertz CT molecular complexity index is 520. The van der Waals surface area contributed by atoms with Crippen LogP contribution in [0, 0.1) is 10.1 Å². The third kappa shape index (κ3) is 3.41. The van der Waals surface area contributed by atoms with Crippen LogP contribution < -0.4 is 5.32 Å². The molecule has 116 valence electrons. The minimum atomic E-state index is -0.473. The van der Waals surface area contributed by atoms with E-state index in [1.54, 1.807) is 11.9 Å². The van der Waals surface area contributed by atoms with Gasteiger partial charge < -0.3 is 20.3 Å². The van der Waals surface area contributed by atoms with Crippen LogP contribution in [0.25, 0.3) is 0 Å². The number of nitro groups is 1. The maximum Gasteiger partial charge on any atom is 0.323 e. The topological polar surface area (TPSA) is 80.4 Å². The minimum absolute atomic E-state index is 0.0613. The molecule has 0 spiro atoms. The summed E-state index contributed by atoms with van der Waals surface area (Å²) < 4.78 is 1.35. The summed E-state index contributed by atoms with van der Waals surface area (Å²) in [6, 6.07) is 3.24. The molecule has 0 radical (unpaired) electrons. The molecule has 0 aliphatic carbocycles. The fourth-order valence-corrected chi connectivity index (χ4v) is 2.78. The van der Waals surface area contributed by atoms with Gasteiger partial charge in [0.05, 0.1) is 7.05 Å². The first-order valence-corrected chi connectivity index (χ1v) is 7.37. The van der Waals surface area contributed by atoms with Gasteiger partial charge in [-0.3, -0.25) is 4.79 Å². The van der Waals surface area contributed by atoms with Crippen LogP contribution in [0.5, 0.6) is 0 Å². The van der Waals surface area contributed by atoms with E-state index in [1.807, 2.05) is 6.92 Å². The number of hydrogen-bond acceptors (Lipinski definition) is 4. The van der Waals surface area contributed by atoms with Crippen LogP contribution in [-0.4, -0.2) is 46.0 Å². The molecule has 1 aliphatic rings. The number of nitrogens with zero attached hydrogens (tertiary/aromatic N) is 3. The molecule has 0 bridgehead atoms. The average molecular weight is 294 g/mol. The molecule has 2 heterocycles.